The molecular formula is C18H18F3N3O3. The first-order chi connectivity index (χ1) is 12.7. The molecule has 0 atom stereocenters. The Morgan fingerprint density at radius 1 is 1.19 bits per heavy atom. The van der Waals surface area contributed by atoms with Gasteiger partial charge in [0, 0.05) is 25.7 Å². The summed E-state index contributed by atoms with van der Waals surface area (Å²) in [5, 5.41) is 12.9. The lowest BCUT2D eigenvalue weighted by Gasteiger charge is -2.30. The highest BCUT2D eigenvalue weighted by Gasteiger charge is 2.31. The van der Waals surface area contributed by atoms with Gasteiger partial charge in [0.15, 0.2) is 5.69 Å². The predicted molar refractivity (Wildman–Crippen MR) is 89.4 cm³/mol. The fourth-order valence-electron chi connectivity index (χ4n) is 3.16. The molecule has 9 heteroatoms. The van der Waals surface area contributed by atoms with Crippen LogP contribution in [-0.4, -0.2) is 44.8 Å². The normalized spacial score (nSPS) is 15.7. The minimum absolute atomic E-state index is 0.0502. The zero-order valence-electron chi connectivity index (χ0n) is 14.3. The molecule has 6 nitrogen and oxygen atoms in total. The van der Waals surface area contributed by atoms with Crippen LogP contribution in [0.4, 0.5) is 13.2 Å². The third-order valence-corrected chi connectivity index (χ3v) is 4.61. The van der Waals surface area contributed by atoms with Crippen molar-refractivity contribution in [1.29, 1.82) is 0 Å². The van der Waals surface area contributed by atoms with E-state index in [-0.39, 0.29) is 29.6 Å². The Morgan fingerprint density at radius 3 is 2.52 bits per heavy atom. The maximum atomic E-state index is 12.8. The van der Waals surface area contributed by atoms with Crippen LogP contribution in [-0.2, 0) is 11.0 Å². The number of piperidine rings is 1. The largest absolute Gasteiger partial charge is 0.481 e. The molecule has 0 unspecified atom stereocenters. The SMILES string of the molecule is O=C(O)CC1CCN(C(=O)c2ccn(-c3cccc(C(F)(F)F)c3)n2)CC1. The van der Waals surface area contributed by atoms with Gasteiger partial charge in [-0.3, -0.25) is 9.59 Å². The molecule has 1 amide bonds. The van der Waals surface area contributed by atoms with Crippen molar-refractivity contribution in [3.05, 3.63) is 47.8 Å². The molecule has 1 saturated heterocycles. The number of halogens is 3. The van der Waals surface area contributed by atoms with Crippen molar-refractivity contribution >= 4 is 11.9 Å². The molecule has 1 N–H and O–H groups in total. The van der Waals surface area contributed by atoms with Gasteiger partial charge in [-0.15, -0.1) is 0 Å². The van der Waals surface area contributed by atoms with Gasteiger partial charge < -0.3 is 10.0 Å². The van der Waals surface area contributed by atoms with Crippen LogP contribution in [0, 0.1) is 5.92 Å². The average molecular weight is 381 g/mol. The number of aliphatic carboxylic acids is 1. The van der Waals surface area contributed by atoms with E-state index >= 15 is 0 Å². The van der Waals surface area contributed by atoms with E-state index in [9.17, 15) is 22.8 Å². The molecule has 0 radical (unpaired) electrons. The number of benzene rings is 1. The maximum Gasteiger partial charge on any atom is 0.416 e. The second-order valence-corrected chi connectivity index (χ2v) is 6.53. The van der Waals surface area contributed by atoms with Crippen LogP contribution in [0.25, 0.3) is 5.69 Å². The molecule has 0 spiro atoms. The topological polar surface area (TPSA) is 75.4 Å². The Hall–Kier alpha value is -2.84. The van der Waals surface area contributed by atoms with Crippen molar-refractivity contribution in [2.75, 3.05) is 13.1 Å². The highest BCUT2D eigenvalue weighted by molar-refractivity contribution is 5.92. The van der Waals surface area contributed by atoms with E-state index in [1.807, 2.05) is 0 Å². The van der Waals surface area contributed by atoms with Gasteiger partial charge in [0.05, 0.1) is 11.3 Å². The van der Waals surface area contributed by atoms with Crippen LogP contribution < -0.4 is 0 Å². The third kappa shape index (κ3) is 4.47. The van der Waals surface area contributed by atoms with Gasteiger partial charge in [0.2, 0.25) is 0 Å². The van der Waals surface area contributed by atoms with Crippen molar-refractivity contribution in [3.8, 4) is 5.69 Å². The standard InChI is InChI=1S/C18H18F3N3O3/c19-18(20,21)13-2-1-3-14(11-13)24-9-6-15(22-24)17(27)23-7-4-12(5-8-23)10-16(25)26/h1-3,6,9,11-12H,4-5,7-8,10H2,(H,25,26). The molecule has 0 saturated carbocycles. The van der Waals surface area contributed by atoms with Crippen LogP contribution in [0.3, 0.4) is 0 Å². The molecule has 0 aliphatic carbocycles. The molecule has 1 fully saturated rings. The van der Waals surface area contributed by atoms with E-state index in [1.54, 1.807) is 4.90 Å². The predicted octanol–water partition coefficient (Wildman–Crippen LogP) is 3.22. The van der Waals surface area contributed by atoms with Gasteiger partial charge in [-0.25, -0.2) is 4.68 Å². The molecule has 144 valence electrons. The summed E-state index contributed by atoms with van der Waals surface area (Å²) in [4.78, 5) is 24.9. The minimum Gasteiger partial charge on any atom is -0.481 e. The molecular weight excluding hydrogens is 363 g/mol. The third-order valence-electron chi connectivity index (χ3n) is 4.61. The summed E-state index contributed by atoms with van der Waals surface area (Å²) in [6.07, 6.45) is -1.72. The summed E-state index contributed by atoms with van der Waals surface area (Å²) >= 11 is 0. The van der Waals surface area contributed by atoms with E-state index in [2.05, 4.69) is 5.10 Å². The molecule has 1 aliphatic heterocycles. The Labute approximate surface area is 153 Å². The number of carboxylic acids is 1. The van der Waals surface area contributed by atoms with Crippen molar-refractivity contribution in [1.82, 2.24) is 14.7 Å². The van der Waals surface area contributed by atoms with Crippen LogP contribution in [0.5, 0.6) is 0 Å². The molecule has 1 aromatic heterocycles. The number of carboxylic acid groups (broad SMARTS) is 1. The van der Waals surface area contributed by atoms with Gasteiger partial charge >= 0.3 is 12.1 Å². The quantitative estimate of drug-likeness (QED) is 0.882. The van der Waals surface area contributed by atoms with E-state index in [0.717, 1.165) is 12.1 Å². The molecule has 3 rings (SSSR count). The lowest BCUT2D eigenvalue weighted by Crippen LogP contribution is -2.39. The van der Waals surface area contributed by atoms with Gasteiger partial charge in [0.25, 0.3) is 5.91 Å². The van der Waals surface area contributed by atoms with E-state index in [0.29, 0.717) is 25.9 Å². The van der Waals surface area contributed by atoms with Gasteiger partial charge in [-0.1, -0.05) is 6.07 Å². The first-order valence-electron chi connectivity index (χ1n) is 8.48. The zero-order valence-corrected chi connectivity index (χ0v) is 14.3. The van der Waals surface area contributed by atoms with Crippen LogP contribution >= 0.6 is 0 Å². The molecule has 27 heavy (non-hydrogen) atoms. The van der Waals surface area contributed by atoms with Crippen molar-refractivity contribution in [3.63, 3.8) is 0 Å². The number of carbonyl (C=O) groups is 2. The number of carbonyl (C=O) groups excluding carboxylic acids is 1. The number of amides is 1. The Balaban J connectivity index is 1.69. The summed E-state index contributed by atoms with van der Waals surface area (Å²) in [6.45, 7) is 0.875. The van der Waals surface area contributed by atoms with E-state index < -0.39 is 17.7 Å². The summed E-state index contributed by atoms with van der Waals surface area (Å²) < 4.78 is 39.8. The summed E-state index contributed by atoms with van der Waals surface area (Å²) in [5.74, 6) is -1.11. The Bertz CT molecular complexity index is 840. The first-order valence-corrected chi connectivity index (χ1v) is 8.48. The van der Waals surface area contributed by atoms with Crippen molar-refractivity contribution in [2.45, 2.75) is 25.4 Å². The maximum absolute atomic E-state index is 12.8. The smallest absolute Gasteiger partial charge is 0.416 e. The highest BCUT2D eigenvalue weighted by Crippen LogP contribution is 2.30. The molecule has 1 aliphatic rings. The summed E-state index contributed by atoms with van der Waals surface area (Å²) in [5.41, 5.74) is -0.433. The molecule has 2 aromatic rings. The van der Waals surface area contributed by atoms with Gasteiger partial charge in [-0.05, 0) is 43.0 Å². The number of rotatable bonds is 4. The lowest BCUT2D eigenvalue weighted by atomic mass is 9.93. The average Bonchev–Trinajstić information content (AvgIpc) is 3.11. The van der Waals surface area contributed by atoms with Gasteiger partial charge in [-0.2, -0.15) is 18.3 Å². The van der Waals surface area contributed by atoms with E-state index in [1.165, 1.54) is 29.1 Å². The van der Waals surface area contributed by atoms with Crippen LogP contribution in [0.1, 0.15) is 35.3 Å². The van der Waals surface area contributed by atoms with E-state index in [4.69, 9.17) is 5.11 Å². The fourth-order valence-corrected chi connectivity index (χ4v) is 3.16. The number of hydrogen-bond acceptors (Lipinski definition) is 3. The zero-order chi connectivity index (χ0) is 19.6. The second kappa shape index (κ2) is 7.42. The Kier molecular flexibility index (Phi) is 5.20. The molecule has 1 aromatic carbocycles. The number of hydrogen-bond donors (Lipinski definition) is 1. The van der Waals surface area contributed by atoms with Crippen LogP contribution in [0.2, 0.25) is 0 Å². The number of aromatic nitrogens is 2. The van der Waals surface area contributed by atoms with Crippen molar-refractivity contribution in [2.24, 2.45) is 5.92 Å². The number of nitrogens with zero attached hydrogens (tertiary/aromatic N) is 3. The second-order valence-electron chi connectivity index (χ2n) is 6.53. The highest BCUT2D eigenvalue weighted by atomic mass is 19.4. The fraction of sp³-hybridized carbons (Fsp3) is 0.389. The summed E-state index contributed by atoms with van der Waals surface area (Å²) in [6, 6.07) is 6.17. The molecule has 2 heterocycles. The van der Waals surface area contributed by atoms with Crippen LogP contribution in [0.15, 0.2) is 36.5 Å². The lowest BCUT2D eigenvalue weighted by molar-refractivity contribution is -0.139. The Morgan fingerprint density at radius 2 is 1.89 bits per heavy atom. The monoisotopic (exact) mass is 381 g/mol. The number of alkyl halides is 3. The van der Waals surface area contributed by atoms with Crippen molar-refractivity contribution < 1.29 is 27.9 Å². The van der Waals surface area contributed by atoms with Gasteiger partial charge in [0.1, 0.15) is 0 Å². The molecule has 0 bridgehead atoms. The minimum atomic E-state index is -4.46. The number of likely N-dealkylation sites (tertiary alicyclic amines) is 1. The summed E-state index contributed by atoms with van der Waals surface area (Å²) in [7, 11) is 0. The first kappa shape index (κ1) is 18.9.